The van der Waals surface area contributed by atoms with Gasteiger partial charge < -0.3 is 10.1 Å². The van der Waals surface area contributed by atoms with Gasteiger partial charge in [-0.05, 0) is 55.4 Å². The molecule has 1 N–H and O–H groups in total. The van der Waals surface area contributed by atoms with E-state index in [0.29, 0.717) is 30.6 Å². The highest BCUT2D eigenvalue weighted by atomic mass is 32.2. The molecule has 3 rings (SSSR count). The van der Waals surface area contributed by atoms with Gasteiger partial charge in [0.05, 0.1) is 10.8 Å². The molecule has 8 heteroatoms. The van der Waals surface area contributed by atoms with Crippen LogP contribution in [0.1, 0.15) is 39.5 Å². The second-order valence-electron chi connectivity index (χ2n) is 8.08. The smallest absolute Gasteiger partial charge is 0.309 e. The fraction of sp³-hybridized carbons (Fsp3) is 0.600. The quantitative estimate of drug-likeness (QED) is 0.731. The SMILES string of the molecule is C[C@@H]1C[C@H](C)CN(S(=O)(=O)c2ccc(NC(=O)COC(=O)C3CCC3)cc2)C1. The molecule has 7 nitrogen and oxygen atoms in total. The number of ether oxygens (including phenoxy) is 1. The Labute approximate surface area is 166 Å². The zero-order chi connectivity index (χ0) is 20.3. The van der Waals surface area contributed by atoms with Crippen LogP contribution in [0.4, 0.5) is 5.69 Å². The molecule has 0 spiro atoms. The highest BCUT2D eigenvalue weighted by molar-refractivity contribution is 7.89. The highest BCUT2D eigenvalue weighted by Crippen LogP contribution is 2.28. The summed E-state index contributed by atoms with van der Waals surface area (Å²) in [5, 5.41) is 2.62. The number of anilines is 1. The number of hydrogen-bond acceptors (Lipinski definition) is 5. The summed E-state index contributed by atoms with van der Waals surface area (Å²) < 4.78 is 32.3. The van der Waals surface area contributed by atoms with Crippen LogP contribution in [0.3, 0.4) is 0 Å². The molecule has 1 aliphatic heterocycles. The molecular formula is C20H28N2O5S. The average molecular weight is 409 g/mol. The van der Waals surface area contributed by atoms with Crippen molar-refractivity contribution in [3.63, 3.8) is 0 Å². The molecule has 2 fully saturated rings. The molecule has 1 aromatic carbocycles. The number of carbonyl (C=O) groups excluding carboxylic acids is 2. The molecular weight excluding hydrogens is 380 g/mol. The van der Waals surface area contributed by atoms with Crippen LogP contribution in [0.5, 0.6) is 0 Å². The zero-order valence-corrected chi connectivity index (χ0v) is 17.2. The van der Waals surface area contributed by atoms with Crippen molar-refractivity contribution in [3.8, 4) is 0 Å². The first-order valence-corrected chi connectivity index (χ1v) is 11.3. The van der Waals surface area contributed by atoms with E-state index in [-0.39, 0.29) is 23.4 Å². The van der Waals surface area contributed by atoms with Crippen molar-refractivity contribution in [1.29, 1.82) is 0 Å². The molecule has 0 bridgehead atoms. The number of nitrogens with one attached hydrogen (secondary N) is 1. The molecule has 1 aliphatic carbocycles. The number of rotatable bonds is 6. The van der Waals surface area contributed by atoms with Crippen LogP contribution in [-0.4, -0.2) is 44.3 Å². The van der Waals surface area contributed by atoms with Gasteiger partial charge in [-0.25, -0.2) is 8.42 Å². The molecule has 0 unspecified atom stereocenters. The van der Waals surface area contributed by atoms with Gasteiger partial charge in [-0.15, -0.1) is 0 Å². The maximum atomic E-state index is 12.9. The summed E-state index contributed by atoms with van der Waals surface area (Å²) in [7, 11) is -3.55. The lowest BCUT2D eigenvalue weighted by Gasteiger charge is -2.34. The summed E-state index contributed by atoms with van der Waals surface area (Å²) in [4.78, 5) is 23.8. The third-order valence-corrected chi connectivity index (χ3v) is 7.24. The second-order valence-corrected chi connectivity index (χ2v) is 10.0. The minimum absolute atomic E-state index is 0.0717. The van der Waals surface area contributed by atoms with Crippen molar-refractivity contribution in [3.05, 3.63) is 24.3 Å². The lowest BCUT2D eigenvalue weighted by molar-refractivity contribution is -0.154. The summed E-state index contributed by atoms with van der Waals surface area (Å²) in [6, 6.07) is 6.09. The van der Waals surface area contributed by atoms with Crippen molar-refractivity contribution in [2.45, 2.75) is 44.4 Å². The molecule has 2 atom stereocenters. The van der Waals surface area contributed by atoms with Crippen molar-refractivity contribution >= 4 is 27.6 Å². The van der Waals surface area contributed by atoms with Crippen LogP contribution in [-0.2, 0) is 24.3 Å². The second kappa shape index (κ2) is 8.61. The number of nitrogens with zero attached hydrogens (tertiary/aromatic N) is 1. The largest absolute Gasteiger partial charge is 0.455 e. The maximum Gasteiger partial charge on any atom is 0.309 e. The fourth-order valence-electron chi connectivity index (χ4n) is 3.76. The number of carbonyl (C=O) groups is 2. The molecule has 1 aromatic rings. The Kier molecular flexibility index (Phi) is 6.40. The van der Waals surface area contributed by atoms with Crippen molar-refractivity contribution < 1.29 is 22.7 Å². The lowest BCUT2D eigenvalue weighted by atomic mass is 9.86. The standard InChI is InChI=1S/C20H28N2O5S/c1-14-10-15(2)12-22(11-14)28(25,26)18-8-6-17(7-9-18)21-19(23)13-27-20(24)16-4-3-5-16/h6-9,14-16H,3-5,10-13H2,1-2H3,(H,21,23)/t14-,15+. The third-order valence-electron chi connectivity index (χ3n) is 5.40. The van der Waals surface area contributed by atoms with Crippen LogP contribution >= 0.6 is 0 Å². The van der Waals surface area contributed by atoms with E-state index in [9.17, 15) is 18.0 Å². The van der Waals surface area contributed by atoms with E-state index in [2.05, 4.69) is 19.2 Å². The van der Waals surface area contributed by atoms with Gasteiger partial charge >= 0.3 is 5.97 Å². The maximum absolute atomic E-state index is 12.9. The normalized spacial score (nSPS) is 23.6. The Bertz CT molecular complexity index is 808. The number of hydrogen-bond donors (Lipinski definition) is 1. The Morgan fingerprint density at radius 3 is 2.25 bits per heavy atom. The monoisotopic (exact) mass is 408 g/mol. The van der Waals surface area contributed by atoms with Crippen LogP contribution in [0.15, 0.2) is 29.2 Å². The van der Waals surface area contributed by atoms with Crippen LogP contribution in [0, 0.1) is 17.8 Å². The van der Waals surface area contributed by atoms with Crippen molar-refractivity contribution in [2.24, 2.45) is 17.8 Å². The van der Waals surface area contributed by atoms with Gasteiger partial charge in [-0.1, -0.05) is 20.3 Å². The molecule has 1 saturated heterocycles. The minimum atomic E-state index is -3.55. The first-order valence-electron chi connectivity index (χ1n) is 9.82. The van der Waals surface area contributed by atoms with Gasteiger partial charge in [0, 0.05) is 18.8 Å². The number of sulfonamides is 1. The Morgan fingerprint density at radius 2 is 1.71 bits per heavy atom. The topological polar surface area (TPSA) is 92.8 Å². The zero-order valence-electron chi connectivity index (χ0n) is 16.4. The van der Waals surface area contributed by atoms with Crippen molar-refractivity contribution in [1.82, 2.24) is 4.31 Å². The van der Waals surface area contributed by atoms with E-state index in [1.807, 2.05) is 0 Å². The predicted molar refractivity (Wildman–Crippen MR) is 105 cm³/mol. The van der Waals surface area contributed by atoms with Gasteiger partial charge in [-0.3, -0.25) is 9.59 Å². The third kappa shape index (κ3) is 4.91. The molecule has 1 heterocycles. The molecule has 0 aromatic heterocycles. The van der Waals surface area contributed by atoms with Gasteiger partial charge in [0.15, 0.2) is 6.61 Å². The number of piperidine rings is 1. The van der Waals surface area contributed by atoms with Crippen LogP contribution in [0.2, 0.25) is 0 Å². The summed E-state index contributed by atoms with van der Waals surface area (Å²) in [5.74, 6) is -0.174. The first-order chi connectivity index (χ1) is 13.3. The lowest BCUT2D eigenvalue weighted by Crippen LogP contribution is -2.42. The summed E-state index contributed by atoms with van der Waals surface area (Å²) in [6.45, 7) is 4.84. The number of esters is 1. The molecule has 1 amide bonds. The molecule has 2 aliphatic rings. The Balaban J connectivity index is 1.56. The fourth-order valence-corrected chi connectivity index (χ4v) is 5.44. The van der Waals surface area contributed by atoms with Crippen molar-refractivity contribution in [2.75, 3.05) is 25.0 Å². The first kappa shape index (κ1) is 20.8. The van der Waals surface area contributed by atoms with E-state index in [0.717, 1.165) is 25.7 Å². The van der Waals surface area contributed by atoms with E-state index in [1.54, 1.807) is 16.4 Å². The molecule has 28 heavy (non-hydrogen) atoms. The van der Waals surface area contributed by atoms with Crippen LogP contribution < -0.4 is 5.32 Å². The van der Waals surface area contributed by atoms with Gasteiger partial charge in [0.1, 0.15) is 0 Å². The van der Waals surface area contributed by atoms with Gasteiger partial charge in [-0.2, -0.15) is 4.31 Å². The highest BCUT2D eigenvalue weighted by Gasteiger charge is 2.31. The summed E-state index contributed by atoms with van der Waals surface area (Å²) in [5.41, 5.74) is 0.462. The van der Waals surface area contributed by atoms with Crippen LogP contribution in [0.25, 0.3) is 0 Å². The summed E-state index contributed by atoms with van der Waals surface area (Å²) >= 11 is 0. The predicted octanol–water partition coefficient (Wildman–Crippen LogP) is 2.64. The summed E-state index contributed by atoms with van der Waals surface area (Å²) in [6.07, 6.45) is 3.70. The van der Waals surface area contributed by atoms with Gasteiger partial charge in [0.25, 0.3) is 5.91 Å². The number of benzene rings is 1. The molecule has 1 saturated carbocycles. The average Bonchev–Trinajstić information content (AvgIpc) is 2.58. The Hall–Kier alpha value is -1.93. The minimum Gasteiger partial charge on any atom is -0.455 e. The number of amides is 1. The van der Waals surface area contributed by atoms with Gasteiger partial charge in [0.2, 0.25) is 10.0 Å². The molecule has 154 valence electrons. The van der Waals surface area contributed by atoms with E-state index in [4.69, 9.17) is 4.74 Å². The van der Waals surface area contributed by atoms with E-state index in [1.165, 1.54) is 12.1 Å². The van der Waals surface area contributed by atoms with E-state index < -0.39 is 15.9 Å². The molecule has 0 radical (unpaired) electrons. The van der Waals surface area contributed by atoms with E-state index >= 15 is 0 Å². The Morgan fingerprint density at radius 1 is 1.11 bits per heavy atom.